The number of hydrogen-bond acceptors (Lipinski definition) is 6. The standard InChI is InChI=1S/C20H26N4O6/c1-21-12-18(26)24-16(7-8-19(27)28)20(29)22(11-17(24)23(21)13-25)10-9-14-3-5-15(30-2)6-4-14/h3-6,13,16-17H,7-12H2,1-2H3,(H,27,28)/t16?,17-/m1/s1. The first-order chi connectivity index (χ1) is 14.3. The van der Waals surface area contributed by atoms with Crippen LogP contribution in [0.2, 0.25) is 0 Å². The predicted octanol–water partition coefficient (Wildman–Crippen LogP) is -0.213. The molecule has 10 nitrogen and oxygen atoms in total. The maximum atomic E-state index is 13.1. The van der Waals surface area contributed by atoms with E-state index < -0.39 is 18.2 Å². The topological polar surface area (TPSA) is 111 Å². The fourth-order valence-electron chi connectivity index (χ4n) is 3.98. The maximum absolute atomic E-state index is 13.1. The molecule has 0 saturated carbocycles. The average molecular weight is 418 g/mol. The zero-order valence-electron chi connectivity index (χ0n) is 17.1. The van der Waals surface area contributed by atoms with Crippen LogP contribution in [0.25, 0.3) is 0 Å². The van der Waals surface area contributed by atoms with Gasteiger partial charge in [0.2, 0.25) is 18.2 Å². The summed E-state index contributed by atoms with van der Waals surface area (Å²) >= 11 is 0. The van der Waals surface area contributed by atoms with E-state index in [2.05, 4.69) is 0 Å². The second-order valence-corrected chi connectivity index (χ2v) is 7.41. The molecule has 30 heavy (non-hydrogen) atoms. The minimum atomic E-state index is -1.04. The number of benzene rings is 1. The number of hydrazine groups is 1. The molecule has 2 saturated heterocycles. The van der Waals surface area contributed by atoms with Crippen molar-refractivity contribution in [3.05, 3.63) is 29.8 Å². The van der Waals surface area contributed by atoms with Gasteiger partial charge in [0, 0.05) is 20.0 Å². The largest absolute Gasteiger partial charge is 0.497 e. The minimum absolute atomic E-state index is 0.00581. The van der Waals surface area contributed by atoms with Crippen LogP contribution < -0.4 is 4.74 Å². The quantitative estimate of drug-likeness (QED) is 0.582. The van der Waals surface area contributed by atoms with Gasteiger partial charge in [-0.05, 0) is 30.5 Å². The number of likely N-dealkylation sites (N-methyl/N-ethyl adjacent to an activating group) is 1. The third kappa shape index (κ3) is 4.38. The molecule has 2 fully saturated rings. The molecular weight excluding hydrogens is 392 g/mol. The first-order valence-electron chi connectivity index (χ1n) is 9.75. The van der Waals surface area contributed by atoms with Gasteiger partial charge in [0.15, 0.2) is 0 Å². The number of rotatable bonds is 8. The number of hydrogen-bond donors (Lipinski definition) is 1. The lowest BCUT2D eigenvalue weighted by Gasteiger charge is -2.53. The summed E-state index contributed by atoms with van der Waals surface area (Å²) in [5, 5.41) is 12.0. The van der Waals surface area contributed by atoms with Crippen molar-refractivity contribution in [3.8, 4) is 5.75 Å². The van der Waals surface area contributed by atoms with Crippen LogP contribution in [0.15, 0.2) is 24.3 Å². The molecular formula is C20H26N4O6. The van der Waals surface area contributed by atoms with Gasteiger partial charge >= 0.3 is 5.97 Å². The summed E-state index contributed by atoms with van der Waals surface area (Å²) in [6, 6.07) is 6.61. The van der Waals surface area contributed by atoms with Crippen molar-refractivity contribution >= 4 is 24.2 Å². The summed E-state index contributed by atoms with van der Waals surface area (Å²) in [7, 11) is 3.22. The van der Waals surface area contributed by atoms with Crippen molar-refractivity contribution in [2.24, 2.45) is 0 Å². The van der Waals surface area contributed by atoms with Crippen LogP contribution in [0.1, 0.15) is 18.4 Å². The zero-order valence-corrected chi connectivity index (χ0v) is 17.1. The highest BCUT2D eigenvalue weighted by atomic mass is 16.5. The first-order valence-corrected chi connectivity index (χ1v) is 9.75. The van der Waals surface area contributed by atoms with Gasteiger partial charge in [-0.15, -0.1) is 0 Å². The summed E-state index contributed by atoms with van der Waals surface area (Å²) in [4.78, 5) is 51.5. The van der Waals surface area contributed by atoms with E-state index in [1.807, 2.05) is 24.3 Å². The van der Waals surface area contributed by atoms with E-state index in [1.54, 1.807) is 19.1 Å². The van der Waals surface area contributed by atoms with E-state index in [1.165, 1.54) is 14.9 Å². The summed E-state index contributed by atoms with van der Waals surface area (Å²) in [6.45, 7) is 0.523. The molecule has 2 atom stereocenters. The van der Waals surface area contributed by atoms with Gasteiger partial charge in [-0.3, -0.25) is 24.2 Å². The average Bonchev–Trinajstić information content (AvgIpc) is 2.72. The highest BCUT2D eigenvalue weighted by Crippen LogP contribution is 2.27. The highest BCUT2D eigenvalue weighted by molar-refractivity contribution is 5.91. The number of carbonyl (C=O) groups excluding carboxylic acids is 3. The summed E-state index contributed by atoms with van der Waals surface area (Å²) in [5.41, 5.74) is 1.01. The van der Waals surface area contributed by atoms with Crippen molar-refractivity contribution in [3.63, 3.8) is 0 Å². The third-order valence-corrected chi connectivity index (χ3v) is 5.56. The Morgan fingerprint density at radius 3 is 2.57 bits per heavy atom. The van der Waals surface area contributed by atoms with Crippen molar-refractivity contribution in [2.75, 3.05) is 33.8 Å². The van der Waals surface area contributed by atoms with E-state index in [-0.39, 0.29) is 37.7 Å². The number of aliphatic carboxylic acids is 1. The molecule has 2 heterocycles. The maximum Gasteiger partial charge on any atom is 0.303 e. The van der Waals surface area contributed by atoms with E-state index in [0.717, 1.165) is 11.3 Å². The number of carbonyl (C=O) groups is 4. The Bertz CT molecular complexity index is 814. The van der Waals surface area contributed by atoms with Crippen LogP contribution >= 0.6 is 0 Å². The molecule has 0 aromatic heterocycles. The van der Waals surface area contributed by atoms with Crippen molar-refractivity contribution in [1.29, 1.82) is 0 Å². The molecule has 1 N–H and O–H groups in total. The molecule has 0 spiro atoms. The van der Waals surface area contributed by atoms with Crippen LogP contribution in [0.4, 0.5) is 0 Å². The van der Waals surface area contributed by atoms with Crippen LogP contribution in [-0.2, 0) is 25.6 Å². The predicted molar refractivity (Wildman–Crippen MR) is 105 cm³/mol. The molecule has 2 aliphatic rings. The van der Waals surface area contributed by atoms with E-state index >= 15 is 0 Å². The Morgan fingerprint density at radius 1 is 1.27 bits per heavy atom. The fourth-order valence-corrected chi connectivity index (χ4v) is 3.98. The number of carboxylic acid groups (broad SMARTS) is 1. The van der Waals surface area contributed by atoms with Crippen LogP contribution in [0.5, 0.6) is 5.75 Å². The molecule has 1 aromatic carbocycles. The fraction of sp³-hybridized carbons (Fsp3) is 0.500. The monoisotopic (exact) mass is 418 g/mol. The van der Waals surface area contributed by atoms with Crippen molar-refractivity contribution in [2.45, 2.75) is 31.5 Å². The Balaban J connectivity index is 1.80. The SMILES string of the molecule is COc1ccc(CCN2C[C@H]3N(C(=O)CN(C)N3C=O)C(CCC(=O)O)C2=O)cc1. The summed E-state index contributed by atoms with van der Waals surface area (Å²) in [5.74, 6) is -0.880. The highest BCUT2D eigenvalue weighted by Gasteiger charge is 2.48. The van der Waals surface area contributed by atoms with Gasteiger partial charge in [0.05, 0.1) is 20.2 Å². The Hall–Kier alpha value is -3.14. The Labute approximate surface area is 174 Å². The van der Waals surface area contributed by atoms with Gasteiger partial charge in [0.25, 0.3) is 0 Å². The van der Waals surface area contributed by atoms with Crippen molar-refractivity contribution < 1.29 is 29.0 Å². The third-order valence-electron chi connectivity index (χ3n) is 5.56. The molecule has 0 aliphatic carbocycles. The second-order valence-electron chi connectivity index (χ2n) is 7.41. The lowest BCUT2D eigenvalue weighted by molar-refractivity contribution is -0.197. The van der Waals surface area contributed by atoms with Gasteiger partial charge in [-0.1, -0.05) is 12.1 Å². The lowest BCUT2D eigenvalue weighted by atomic mass is 10.0. The van der Waals surface area contributed by atoms with Crippen LogP contribution in [-0.4, -0.2) is 95.1 Å². The first kappa shape index (κ1) is 21.6. The van der Waals surface area contributed by atoms with Gasteiger partial charge in [-0.25, -0.2) is 5.01 Å². The minimum Gasteiger partial charge on any atom is -0.497 e. The van der Waals surface area contributed by atoms with Gasteiger partial charge in [0.1, 0.15) is 18.0 Å². The molecule has 2 aliphatic heterocycles. The van der Waals surface area contributed by atoms with Gasteiger partial charge in [-0.2, -0.15) is 0 Å². The number of ether oxygens (including phenoxy) is 1. The summed E-state index contributed by atoms with van der Waals surface area (Å²) in [6.07, 6.45) is 0.331. The van der Waals surface area contributed by atoms with E-state index in [0.29, 0.717) is 19.4 Å². The normalized spacial score (nSPS) is 22.1. The second kappa shape index (κ2) is 9.12. The Morgan fingerprint density at radius 2 is 1.97 bits per heavy atom. The molecule has 1 unspecified atom stereocenters. The van der Waals surface area contributed by atoms with Crippen LogP contribution in [0, 0.1) is 0 Å². The number of methoxy groups -OCH3 is 1. The Kier molecular flexibility index (Phi) is 6.56. The molecule has 1 aromatic rings. The number of amides is 3. The number of fused-ring (bicyclic) bond motifs is 1. The molecule has 3 amide bonds. The smallest absolute Gasteiger partial charge is 0.303 e. The zero-order chi connectivity index (χ0) is 21.8. The molecule has 0 bridgehead atoms. The number of piperazine rings is 1. The molecule has 162 valence electrons. The lowest BCUT2D eigenvalue weighted by Crippen LogP contribution is -2.74. The number of nitrogens with zero attached hydrogens (tertiary/aromatic N) is 4. The summed E-state index contributed by atoms with van der Waals surface area (Å²) < 4.78 is 5.15. The van der Waals surface area contributed by atoms with Crippen molar-refractivity contribution in [1.82, 2.24) is 19.8 Å². The van der Waals surface area contributed by atoms with E-state index in [4.69, 9.17) is 9.84 Å². The van der Waals surface area contributed by atoms with Gasteiger partial charge < -0.3 is 19.6 Å². The van der Waals surface area contributed by atoms with Crippen LogP contribution in [0.3, 0.4) is 0 Å². The number of carboxylic acids is 1. The molecule has 10 heteroatoms. The molecule has 3 rings (SSSR count). The van der Waals surface area contributed by atoms with E-state index in [9.17, 15) is 19.2 Å². The molecule has 0 radical (unpaired) electrons.